The monoisotopic (exact) mass is 355 g/mol. The first-order chi connectivity index (χ1) is 12.5. The Kier molecular flexibility index (Phi) is 4.42. The second kappa shape index (κ2) is 6.74. The van der Waals surface area contributed by atoms with Crippen LogP contribution in [0.4, 0.5) is 5.69 Å². The summed E-state index contributed by atoms with van der Waals surface area (Å²) in [7, 11) is 0. The largest absolute Gasteiger partial charge is 0.349 e. The number of carbonyl (C=O) groups excluding carboxylic acids is 3. The van der Waals surface area contributed by atoms with Crippen molar-refractivity contribution in [2.45, 2.75) is 57.5 Å². The molecule has 1 saturated heterocycles. The van der Waals surface area contributed by atoms with Crippen LogP contribution in [0.5, 0.6) is 0 Å². The Bertz CT molecular complexity index is 755. The van der Waals surface area contributed by atoms with Gasteiger partial charge in [-0.3, -0.25) is 14.4 Å². The molecule has 0 aromatic heterocycles. The van der Waals surface area contributed by atoms with Crippen molar-refractivity contribution in [3.8, 4) is 0 Å². The van der Waals surface area contributed by atoms with E-state index in [2.05, 4.69) is 10.6 Å². The summed E-state index contributed by atoms with van der Waals surface area (Å²) in [5, 5.41) is 5.87. The number of anilines is 1. The van der Waals surface area contributed by atoms with E-state index in [1.165, 1.54) is 12.8 Å². The number of likely N-dealkylation sites (tertiary alicyclic amines) is 1. The van der Waals surface area contributed by atoms with Gasteiger partial charge in [0.05, 0.1) is 18.4 Å². The second-order valence-corrected chi connectivity index (χ2v) is 7.76. The van der Waals surface area contributed by atoms with Crippen LogP contribution in [0.15, 0.2) is 18.2 Å². The van der Waals surface area contributed by atoms with E-state index in [0.717, 1.165) is 29.7 Å². The zero-order valence-corrected chi connectivity index (χ0v) is 15.1. The van der Waals surface area contributed by atoms with Gasteiger partial charge in [0.25, 0.3) is 0 Å². The van der Waals surface area contributed by atoms with Crippen molar-refractivity contribution in [3.63, 3.8) is 0 Å². The van der Waals surface area contributed by atoms with Crippen molar-refractivity contribution in [1.82, 2.24) is 10.2 Å². The van der Waals surface area contributed by atoms with Crippen LogP contribution in [0.2, 0.25) is 0 Å². The molecule has 0 unspecified atom stereocenters. The summed E-state index contributed by atoms with van der Waals surface area (Å²) in [5.74, 6) is -0.193. The third kappa shape index (κ3) is 3.20. The lowest BCUT2D eigenvalue weighted by molar-refractivity contribution is -0.130. The Balaban J connectivity index is 1.38. The highest BCUT2D eigenvalue weighted by atomic mass is 16.2. The fourth-order valence-electron chi connectivity index (χ4n) is 4.41. The van der Waals surface area contributed by atoms with Crippen molar-refractivity contribution in [3.05, 3.63) is 29.3 Å². The van der Waals surface area contributed by atoms with Gasteiger partial charge < -0.3 is 15.5 Å². The van der Waals surface area contributed by atoms with Crippen LogP contribution in [0.25, 0.3) is 0 Å². The second-order valence-electron chi connectivity index (χ2n) is 7.76. The van der Waals surface area contributed by atoms with Gasteiger partial charge in [-0.1, -0.05) is 25.0 Å². The molecule has 3 aliphatic rings. The molecule has 6 heteroatoms. The number of hydrogen-bond donors (Lipinski definition) is 2. The third-order valence-electron chi connectivity index (χ3n) is 5.91. The first-order valence-corrected chi connectivity index (χ1v) is 9.54. The lowest BCUT2D eigenvalue weighted by Crippen LogP contribution is -2.37. The highest BCUT2D eigenvalue weighted by molar-refractivity contribution is 5.99. The molecule has 2 heterocycles. The van der Waals surface area contributed by atoms with E-state index in [-0.39, 0.29) is 29.7 Å². The van der Waals surface area contributed by atoms with Gasteiger partial charge in [0, 0.05) is 24.7 Å². The van der Waals surface area contributed by atoms with Crippen molar-refractivity contribution in [2.24, 2.45) is 5.92 Å². The average Bonchev–Trinajstić information content (AvgIpc) is 3.32. The Morgan fingerprint density at radius 3 is 2.81 bits per heavy atom. The quantitative estimate of drug-likeness (QED) is 0.869. The summed E-state index contributed by atoms with van der Waals surface area (Å²) in [6.07, 6.45) is 5.20. The Morgan fingerprint density at radius 2 is 2.04 bits per heavy atom. The van der Waals surface area contributed by atoms with E-state index in [0.29, 0.717) is 25.4 Å². The first kappa shape index (κ1) is 17.1. The van der Waals surface area contributed by atoms with Crippen molar-refractivity contribution in [1.29, 1.82) is 0 Å². The van der Waals surface area contributed by atoms with Gasteiger partial charge in [-0.05, 0) is 37.0 Å². The molecule has 1 saturated carbocycles. The fraction of sp³-hybridized carbons (Fsp3) is 0.550. The van der Waals surface area contributed by atoms with Crippen molar-refractivity contribution < 1.29 is 14.4 Å². The molecule has 138 valence electrons. The zero-order chi connectivity index (χ0) is 18.3. The summed E-state index contributed by atoms with van der Waals surface area (Å²) in [5.41, 5.74) is 2.80. The Morgan fingerprint density at radius 1 is 1.27 bits per heavy atom. The number of amides is 3. The molecule has 3 amide bonds. The minimum atomic E-state index is -0.261. The number of benzene rings is 1. The Labute approximate surface area is 153 Å². The minimum Gasteiger partial charge on any atom is -0.349 e. The molecule has 2 atom stereocenters. The van der Waals surface area contributed by atoms with Gasteiger partial charge in [-0.2, -0.15) is 0 Å². The lowest BCUT2D eigenvalue weighted by Gasteiger charge is -2.24. The molecule has 26 heavy (non-hydrogen) atoms. The third-order valence-corrected chi connectivity index (χ3v) is 5.91. The molecule has 6 nitrogen and oxygen atoms in total. The van der Waals surface area contributed by atoms with Crippen LogP contribution < -0.4 is 10.6 Å². The molecule has 4 rings (SSSR count). The first-order valence-electron chi connectivity index (χ1n) is 9.54. The maximum Gasteiger partial charge on any atom is 0.228 e. The molecule has 0 bridgehead atoms. The number of rotatable bonds is 4. The van der Waals surface area contributed by atoms with E-state index in [1.54, 1.807) is 0 Å². The average molecular weight is 355 g/mol. The van der Waals surface area contributed by atoms with Crippen molar-refractivity contribution >= 4 is 23.4 Å². The highest BCUT2D eigenvalue weighted by Gasteiger charge is 2.38. The van der Waals surface area contributed by atoms with Gasteiger partial charge in [0.2, 0.25) is 17.7 Å². The molecule has 1 aliphatic carbocycles. The maximum absolute atomic E-state index is 12.7. The number of hydrogen-bond acceptors (Lipinski definition) is 3. The van der Waals surface area contributed by atoms with E-state index in [1.807, 2.05) is 30.0 Å². The highest BCUT2D eigenvalue weighted by Crippen LogP contribution is 2.30. The molecular weight excluding hydrogens is 330 g/mol. The van der Waals surface area contributed by atoms with Crippen LogP contribution in [-0.2, 0) is 20.8 Å². The minimum absolute atomic E-state index is 0.00492. The molecule has 1 aromatic carbocycles. The number of carbonyl (C=O) groups is 3. The van der Waals surface area contributed by atoms with E-state index in [9.17, 15) is 14.4 Å². The van der Waals surface area contributed by atoms with Gasteiger partial charge >= 0.3 is 0 Å². The number of fused-ring (bicyclic) bond motifs is 1. The van der Waals surface area contributed by atoms with Gasteiger partial charge in [-0.15, -0.1) is 0 Å². The van der Waals surface area contributed by atoms with E-state index >= 15 is 0 Å². The summed E-state index contributed by atoms with van der Waals surface area (Å²) in [6, 6.07) is 5.97. The van der Waals surface area contributed by atoms with Crippen LogP contribution >= 0.6 is 0 Å². The van der Waals surface area contributed by atoms with E-state index in [4.69, 9.17) is 0 Å². The summed E-state index contributed by atoms with van der Waals surface area (Å²) in [6.45, 7) is 2.49. The summed E-state index contributed by atoms with van der Waals surface area (Å²) in [4.78, 5) is 38.4. The summed E-state index contributed by atoms with van der Waals surface area (Å²) >= 11 is 0. The standard InChI is InChI=1S/C20H25N3O3/c1-12(13-6-7-17-14(8-13)9-18(24)22-17)21-20(26)15-10-19(25)23(11-15)16-4-2-3-5-16/h6-8,12,15-16H,2-5,9-11H2,1H3,(H,21,26)(H,22,24)/t12-,15+/m0/s1. The molecule has 1 aromatic rings. The smallest absolute Gasteiger partial charge is 0.228 e. The van der Waals surface area contributed by atoms with Crippen LogP contribution in [0, 0.1) is 5.92 Å². The molecule has 0 spiro atoms. The van der Waals surface area contributed by atoms with Gasteiger partial charge in [-0.25, -0.2) is 0 Å². The topological polar surface area (TPSA) is 78.5 Å². The van der Waals surface area contributed by atoms with Crippen molar-refractivity contribution in [2.75, 3.05) is 11.9 Å². The molecule has 2 aliphatic heterocycles. The molecule has 2 fully saturated rings. The fourth-order valence-corrected chi connectivity index (χ4v) is 4.41. The van der Waals surface area contributed by atoms with Crippen LogP contribution in [-0.4, -0.2) is 35.2 Å². The van der Waals surface area contributed by atoms with Crippen LogP contribution in [0.1, 0.15) is 56.2 Å². The normalized spacial score (nSPS) is 23.9. The zero-order valence-electron chi connectivity index (χ0n) is 15.1. The lowest BCUT2D eigenvalue weighted by atomic mass is 10.0. The van der Waals surface area contributed by atoms with Gasteiger partial charge in [0.1, 0.15) is 0 Å². The van der Waals surface area contributed by atoms with Gasteiger partial charge in [0.15, 0.2) is 0 Å². The predicted molar refractivity (Wildman–Crippen MR) is 97.4 cm³/mol. The molecule has 0 radical (unpaired) electrons. The Hall–Kier alpha value is -2.37. The molecular formula is C20H25N3O3. The summed E-state index contributed by atoms with van der Waals surface area (Å²) < 4.78 is 0. The number of nitrogens with zero attached hydrogens (tertiary/aromatic N) is 1. The predicted octanol–water partition coefficient (Wildman–Crippen LogP) is 2.15. The number of nitrogens with one attached hydrogen (secondary N) is 2. The maximum atomic E-state index is 12.7. The molecule has 2 N–H and O–H groups in total. The van der Waals surface area contributed by atoms with E-state index < -0.39 is 0 Å². The van der Waals surface area contributed by atoms with Crippen LogP contribution in [0.3, 0.4) is 0 Å². The SMILES string of the molecule is C[C@H](NC(=O)[C@@H]1CC(=O)N(C2CCCC2)C1)c1ccc2c(c1)CC(=O)N2.